The zero-order chi connectivity index (χ0) is 34.1. The van der Waals surface area contributed by atoms with E-state index in [2.05, 4.69) is 15.5 Å². The minimum atomic E-state index is -0.919. The summed E-state index contributed by atoms with van der Waals surface area (Å²) in [6.07, 6.45) is 4.31. The standard InChI is InChI=1S/C35H48BN5O6/c1-33(2,3)45-32(44)38-20-23-8-12-24(13-9-23)31(43)41(27-17-14-25-21-39-40-28(25)19-27)29(30(37)42)18-22-10-15-26(16-11-22)36-46-34(4,5)35(6,7)47-36/h10-11,14-17,19,21,23-24,29H,8-9,12-13,18,20H2,1-7H3,(H2,37,42)(H,38,44)(H,39,40)/t23-,24-,29-/m0/s1. The fraction of sp³-hybridized carbons (Fsp3) is 0.543. The topological polar surface area (TPSA) is 149 Å². The third-order valence-corrected chi connectivity index (χ3v) is 9.65. The van der Waals surface area contributed by atoms with Crippen LogP contribution >= 0.6 is 0 Å². The van der Waals surface area contributed by atoms with Gasteiger partial charge in [-0.05, 0) is 109 Å². The van der Waals surface area contributed by atoms with Gasteiger partial charge >= 0.3 is 13.2 Å². The van der Waals surface area contributed by atoms with Crippen molar-refractivity contribution in [2.75, 3.05) is 11.4 Å². The number of ether oxygens (including phenoxy) is 1. The molecule has 1 saturated heterocycles. The Kier molecular flexibility index (Phi) is 9.75. The number of aromatic nitrogens is 2. The summed E-state index contributed by atoms with van der Waals surface area (Å²) < 4.78 is 17.8. The molecule has 2 aliphatic rings. The molecule has 0 bridgehead atoms. The number of anilines is 1. The Labute approximate surface area is 277 Å². The molecule has 1 aliphatic carbocycles. The lowest BCUT2D eigenvalue weighted by atomic mass is 9.78. The van der Waals surface area contributed by atoms with E-state index < -0.39 is 42.0 Å². The Hall–Kier alpha value is -3.90. The third kappa shape index (κ3) is 7.98. The first kappa shape index (κ1) is 34.4. The van der Waals surface area contributed by atoms with Crippen molar-refractivity contribution in [3.8, 4) is 0 Å². The Balaban J connectivity index is 1.33. The number of rotatable bonds is 9. The molecule has 47 heavy (non-hydrogen) atoms. The lowest BCUT2D eigenvalue weighted by molar-refractivity contribution is -0.127. The second kappa shape index (κ2) is 13.3. The number of benzene rings is 2. The first-order chi connectivity index (χ1) is 22.0. The average Bonchev–Trinajstić information content (AvgIpc) is 3.55. The van der Waals surface area contributed by atoms with Gasteiger partial charge in [0.2, 0.25) is 11.8 Å². The highest BCUT2D eigenvalue weighted by Crippen LogP contribution is 2.37. The van der Waals surface area contributed by atoms with E-state index in [1.54, 1.807) is 11.1 Å². The summed E-state index contributed by atoms with van der Waals surface area (Å²) >= 11 is 0. The Bertz CT molecular complexity index is 1570. The van der Waals surface area contributed by atoms with Crippen molar-refractivity contribution in [3.63, 3.8) is 0 Å². The van der Waals surface area contributed by atoms with Crippen LogP contribution in [-0.2, 0) is 30.1 Å². The van der Waals surface area contributed by atoms with Crippen molar-refractivity contribution in [1.29, 1.82) is 0 Å². The van der Waals surface area contributed by atoms with Gasteiger partial charge in [-0.3, -0.25) is 19.6 Å². The van der Waals surface area contributed by atoms with E-state index in [1.165, 1.54) is 0 Å². The maximum atomic E-state index is 14.4. The van der Waals surface area contributed by atoms with E-state index >= 15 is 0 Å². The summed E-state index contributed by atoms with van der Waals surface area (Å²) in [5.74, 6) is -0.790. The number of amides is 3. The van der Waals surface area contributed by atoms with Crippen LogP contribution in [0.4, 0.5) is 10.5 Å². The van der Waals surface area contributed by atoms with Gasteiger partial charge in [-0.25, -0.2) is 4.79 Å². The zero-order valence-corrected chi connectivity index (χ0v) is 28.6. The lowest BCUT2D eigenvalue weighted by Gasteiger charge is -2.36. The van der Waals surface area contributed by atoms with Crippen molar-refractivity contribution < 1.29 is 28.4 Å². The molecule has 2 aromatic carbocycles. The van der Waals surface area contributed by atoms with Crippen LogP contribution in [0.25, 0.3) is 10.9 Å². The molecule has 3 aromatic rings. The number of alkyl carbamates (subject to hydrolysis) is 1. The van der Waals surface area contributed by atoms with Crippen LogP contribution in [0.2, 0.25) is 0 Å². The van der Waals surface area contributed by atoms with Crippen LogP contribution in [0.1, 0.15) is 79.7 Å². The average molecular weight is 646 g/mol. The minimum Gasteiger partial charge on any atom is -0.444 e. The quantitative estimate of drug-likeness (QED) is 0.288. The Morgan fingerprint density at radius 1 is 1.04 bits per heavy atom. The molecular weight excluding hydrogens is 597 g/mol. The number of fused-ring (bicyclic) bond motifs is 1. The van der Waals surface area contributed by atoms with Gasteiger partial charge in [-0.15, -0.1) is 0 Å². The first-order valence-corrected chi connectivity index (χ1v) is 16.5. The highest BCUT2D eigenvalue weighted by atomic mass is 16.7. The number of aromatic amines is 1. The molecule has 0 radical (unpaired) electrons. The molecule has 1 aromatic heterocycles. The molecule has 4 N–H and O–H groups in total. The van der Waals surface area contributed by atoms with Gasteiger partial charge in [0.15, 0.2) is 0 Å². The van der Waals surface area contributed by atoms with E-state index in [0.29, 0.717) is 25.1 Å². The fourth-order valence-corrected chi connectivity index (χ4v) is 6.22. The van der Waals surface area contributed by atoms with Crippen LogP contribution in [0, 0.1) is 11.8 Å². The number of H-pyrrole nitrogens is 1. The largest absolute Gasteiger partial charge is 0.494 e. The van der Waals surface area contributed by atoms with E-state index in [0.717, 1.165) is 34.8 Å². The smallest absolute Gasteiger partial charge is 0.444 e. The maximum absolute atomic E-state index is 14.4. The summed E-state index contributed by atoms with van der Waals surface area (Å²) in [4.78, 5) is 41.3. The molecular formula is C35H48BN5O6. The number of nitrogens with zero attached hydrogens (tertiary/aromatic N) is 2. The van der Waals surface area contributed by atoms with Crippen molar-refractivity contribution in [1.82, 2.24) is 15.5 Å². The summed E-state index contributed by atoms with van der Waals surface area (Å²) in [5.41, 5.74) is 7.64. The predicted octanol–water partition coefficient (Wildman–Crippen LogP) is 4.62. The van der Waals surface area contributed by atoms with Crippen molar-refractivity contribution in [2.45, 2.75) is 103 Å². The highest BCUT2D eigenvalue weighted by Gasteiger charge is 2.51. The predicted molar refractivity (Wildman–Crippen MR) is 182 cm³/mol. The van der Waals surface area contributed by atoms with Crippen LogP contribution in [0.5, 0.6) is 0 Å². The second-order valence-corrected chi connectivity index (χ2v) is 14.9. The van der Waals surface area contributed by atoms with Crippen molar-refractivity contribution >= 4 is 47.1 Å². The lowest BCUT2D eigenvalue weighted by Crippen LogP contribution is -2.52. The van der Waals surface area contributed by atoms with E-state index in [-0.39, 0.29) is 24.2 Å². The van der Waals surface area contributed by atoms with Gasteiger partial charge in [0, 0.05) is 30.0 Å². The highest BCUT2D eigenvalue weighted by molar-refractivity contribution is 6.62. The number of primary amides is 1. The Morgan fingerprint density at radius 2 is 1.68 bits per heavy atom. The normalized spacial score (nSPS) is 21.3. The summed E-state index contributed by atoms with van der Waals surface area (Å²) in [6.45, 7) is 14.0. The second-order valence-electron chi connectivity index (χ2n) is 14.9. The molecule has 11 nitrogen and oxygen atoms in total. The van der Waals surface area contributed by atoms with E-state index in [9.17, 15) is 14.4 Å². The first-order valence-electron chi connectivity index (χ1n) is 16.5. The summed E-state index contributed by atoms with van der Waals surface area (Å²) in [5, 5.41) is 10.8. The summed E-state index contributed by atoms with van der Waals surface area (Å²) in [7, 11) is -0.505. The number of carbonyl (C=O) groups is 3. The molecule has 1 atom stereocenters. The van der Waals surface area contributed by atoms with Gasteiger partial charge in [0.25, 0.3) is 0 Å². The van der Waals surface area contributed by atoms with Crippen LogP contribution in [-0.4, -0.2) is 64.6 Å². The minimum absolute atomic E-state index is 0.139. The third-order valence-electron chi connectivity index (χ3n) is 9.65. The molecule has 12 heteroatoms. The zero-order valence-electron chi connectivity index (χ0n) is 28.6. The number of nitrogens with one attached hydrogen (secondary N) is 2. The molecule has 0 spiro atoms. The van der Waals surface area contributed by atoms with Gasteiger partial charge in [0.05, 0.1) is 22.9 Å². The molecule has 2 fully saturated rings. The van der Waals surface area contributed by atoms with Crippen molar-refractivity contribution in [3.05, 3.63) is 54.2 Å². The van der Waals surface area contributed by atoms with Gasteiger partial charge in [0.1, 0.15) is 11.6 Å². The molecule has 2 heterocycles. The van der Waals surface area contributed by atoms with Crippen LogP contribution in [0.3, 0.4) is 0 Å². The monoisotopic (exact) mass is 645 g/mol. The molecule has 5 rings (SSSR count). The van der Waals surface area contributed by atoms with E-state index in [4.69, 9.17) is 19.8 Å². The summed E-state index contributed by atoms with van der Waals surface area (Å²) in [6, 6.07) is 12.4. The fourth-order valence-electron chi connectivity index (χ4n) is 6.22. The molecule has 252 valence electrons. The van der Waals surface area contributed by atoms with Crippen molar-refractivity contribution in [2.24, 2.45) is 17.6 Å². The maximum Gasteiger partial charge on any atom is 0.494 e. The molecule has 1 aliphatic heterocycles. The van der Waals surface area contributed by atoms with Gasteiger partial charge in [-0.1, -0.05) is 24.3 Å². The molecule has 3 amide bonds. The molecule has 1 saturated carbocycles. The van der Waals surface area contributed by atoms with Gasteiger partial charge in [-0.2, -0.15) is 5.10 Å². The number of hydrogen-bond donors (Lipinski definition) is 3. The van der Waals surface area contributed by atoms with E-state index in [1.807, 2.05) is 90.9 Å². The van der Waals surface area contributed by atoms with Crippen LogP contribution < -0.4 is 21.4 Å². The van der Waals surface area contributed by atoms with Crippen LogP contribution in [0.15, 0.2) is 48.7 Å². The SMILES string of the molecule is CC(C)(C)OC(=O)NC[C@H]1CC[C@H](C(=O)N(c2ccc3cn[nH]c3c2)[C@@H](Cc2ccc(B3OC(C)(C)C(C)(C)O3)cc2)C(N)=O)CC1. The Morgan fingerprint density at radius 3 is 2.28 bits per heavy atom. The van der Waals surface area contributed by atoms with Gasteiger partial charge < -0.3 is 25.1 Å². The molecule has 0 unspecified atom stereocenters. The number of nitrogens with two attached hydrogens (primary N) is 1. The number of hydrogen-bond acceptors (Lipinski definition) is 7. The number of carbonyl (C=O) groups excluding carboxylic acids is 3.